The lowest BCUT2D eigenvalue weighted by molar-refractivity contribution is 0.402. The maximum Gasteiger partial charge on any atom is -0.0326 e. The molecule has 0 heterocycles. The first-order valence-electron chi connectivity index (χ1n) is 10.1. The highest BCUT2D eigenvalue weighted by molar-refractivity contribution is 4.81. The maximum absolute atomic E-state index is 2.71. The summed E-state index contributed by atoms with van der Waals surface area (Å²) < 4.78 is 0. The van der Waals surface area contributed by atoms with Crippen LogP contribution in [0.2, 0.25) is 0 Å². The molecule has 0 saturated heterocycles. The average molecular weight is 296 g/mol. The molecule has 0 aromatic carbocycles. The third kappa shape index (κ3) is 14.7. The molecular weight excluding hydrogens is 252 g/mol. The lowest BCUT2D eigenvalue weighted by Crippen LogP contribution is -2.08. The van der Waals surface area contributed by atoms with Crippen LogP contribution in [0, 0.1) is 18.3 Å². The molecule has 21 heavy (non-hydrogen) atoms. The second-order valence-corrected chi connectivity index (χ2v) is 7.12. The molecule has 1 radical (unpaired) electrons. The van der Waals surface area contributed by atoms with Crippen LogP contribution in [-0.2, 0) is 0 Å². The van der Waals surface area contributed by atoms with E-state index in [4.69, 9.17) is 0 Å². The van der Waals surface area contributed by atoms with Crippen molar-refractivity contribution in [2.24, 2.45) is 11.8 Å². The maximum atomic E-state index is 2.71. The van der Waals surface area contributed by atoms with E-state index in [-0.39, 0.29) is 0 Å². The first kappa shape index (κ1) is 21.0. The Morgan fingerprint density at radius 1 is 0.571 bits per heavy atom. The summed E-state index contributed by atoms with van der Waals surface area (Å²) in [4.78, 5) is 0. The lowest BCUT2D eigenvalue weighted by atomic mass is 9.85. The van der Waals surface area contributed by atoms with Gasteiger partial charge in [0.25, 0.3) is 0 Å². The molecular formula is C21H43. The Balaban J connectivity index is 3.81. The summed E-state index contributed by atoms with van der Waals surface area (Å²) >= 11 is 0. The van der Waals surface area contributed by atoms with Gasteiger partial charge in [0.05, 0.1) is 0 Å². The molecule has 0 heteroatoms. The molecule has 0 nitrogen and oxygen atoms in total. The topological polar surface area (TPSA) is 0 Å². The van der Waals surface area contributed by atoms with Crippen LogP contribution in [0.15, 0.2) is 0 Å². The second-order valence-electron chi connectivity index (χ2n) is 7.12. The molecule has 0 aromatic rings. The molecule has 0 rings (SSSR count). The normalized spacial score (nSPS) is 14.3. The highest BCUT2D eigenvalue weighted by Crippen LogP contribution is 2.26. The standard InChI is InChI=1S/C21H43/c1-5-8-11-13-15-18-21(17-10-7-3)19-20(4)16-14-12-9-6-2/h19-21H,5-18H2,1-4H3. The molecule has 2 atom stereocenters. The van der Waals surface area contributed by atoms with E-state index in [0.717, 1.165) is 11.8 Å². The fraction of sp³-hybridized carbons (Fsp3) is 0.952. The third-order valence-electron chi connectivity index (χ3n) is 4.72. The second kappa shape index (κ2) is 16.4. The van der Waals surface area contributed by atoms with Crippen molar-refractivity contribution in [2.75, 3.05) is 0 Å². The highest BCUT2D eigenvalue weighted by atomic mass is 14.2. The van der Waals surface area contributed by atoms with Crippen LogP contribution in [-0.4, -0.2) is 0 Å². The van der Waals surface area contributed by atoms with Crippen LogP contribution in [0.4, 0.5) is 0 Å². The van der Waals surface area contributed by atoms with Gasteiger partial charge in [0.15, 0.2) is 0 Å². The summed E-state index contributed by atoms with van der Waals surface area (Å²) in [6, 6.07) is 0. The number of hydrogen-bond acceptors (Lipinski definition) is 0. The molecule has 0 saturated carbocycles. The molecule has 0 fully saturated rings. The predicted octanol–water partition coefficient (Wildman–Crippen LogP) is 7.96. The Morgan fingerprint density at radius 3 is 1.67 bits per heavy atom. The zero-order chi connectivity index (χ0) is 15.8. The van der Waals surface area contributed by atoms with Crippen LogP contribution >= 0.6 is 0 Å². The van der Waals surface area contributed by atoms with E-state index in [1.54, 1.807) is 0 Å². The number of unbranched alkanes of at least 4 members (excludes halogenated alkanes) is 8. The van der Waals surface area contributed by atoms with Gasteiger partial charge >= 0.3 is 0 Å². The summed E-state index contributed by atoms with van der Waals surface area (Å²) in [5.74, 6) is 1.73. The molecule has 0 spiro atoms. The fourth-order valence-electron chi connectivity index (χ4n) is 3.27. The predicted molar refractivity (Wildman–Crippen MR) is 98.6 cm³/mol. The molecule has 0 aromatic heterocycles. The van der Waals surface area contributed by atoms with Crippen molar-refractivity contribution in [3.8, 4) is 0 Å². The summed E-state index contributed by atoms with van der Waals surface area (Å²) in [5, 5.41) is 0. The van der Waals surface area contributed by atoms with Gasteiger partial charge in [-0.1, -0.05) is 118 Å². The van der Waals surface area contributed by atoms with Crippen molar-refractivity contribution in [3.05, 3.63) is 6.42 Å². The summed E-state index contributed by atoms with van der Waals surface area (Å²) in [6.07, 6.45) is 22.6. The first-order chi connectivity index (χ1) is 10.2. The number of hydrogen-bond donors (Lipinski definition) is 0. The van der Waals surface area contributed by atoms with E-state index in [1.807, 2.05) is 0 Å². The molecule has 0 aliphatic carbocycles. The highest BCUT2D eigenvalue weighted by Gasteiger charge is 2.13. The minimum absolute atomic E-state index is 0.833. The molecule has 0 bridgehead atoms. The van der Waals surface area contributed by atoms with E-state index in [2.05, 4.69) is 34.1 Å². The van der Waals surface area contributed by atoms with Gasteiger partial charge in [-0.25, -0.2) is 0 Å². The van der Waals surface area contributed by atoms with Crippen molar-refractivity contribution in [3.63, 3.8) is 0 Å². The first-order valence-corrected chi connectivity index (χ1v) is 10.1. The molecule has 0 amide bonds. The van der Waals surface area contributed by atoms with Gasteiger partial charge in [0.1, 0.15) is 0 Å². The van der Waals surface area contributed by atoms with Crippen LogP contribution in [0.1, 0.15) is 118 Å². The van der Waals surface area contributed by atoms with E-state index in [1.165, 1.54) is 89.9 Å². The largest absolute Gasteiger partial charge is 0.0654 e. The zero-order valence-corrected chi connectivity index (χ0v) is 15.6. The lowest BCUT2D eigenvalue weighted by Gasteiger charge is -2.21. The Kier molecular flexibility index (Phi) is 16.4. The molecule has 2 unspecified atom stereocenters. The van der Waals surface area contributed by atoms with Crippen LogP contribution in [0.25, 0.3) is 0 Å². The van der Waals surface area contributed by atoms with Gasteiger partial charge in [0.2, 0.25) is 0 Å². The molecule has 0 aliphatic heterocycles. The van der Waals surface area contributed by atoms with Gasteiger partial charge in [0, 0.05) is 0 Å². The molecule has 127 valence electrons. The van der Waals surface area contributed by atoms with Gasteiger partial charge in [-0.05, 0) is 18.3 Å². The molecule has 0 N–H and O–H groups in total. The van der Waals surface area contributed by atoms with Crippen molar-refractivity contribution < 1.29 is 0 Å². The Labute approximate surface area is 136 Å². The monoisotopic (exact) mass is 295 g/mol. The minimum Gasteiger partial charge on any atom is -0.0654 e. The van der Waals surface area contributed by atoms with E-state index in [9.17, 15) is 0 Å². The van der Waals surface area contributed by atoms with Crippen LogP contribution < -0.4 is 0 Å². The summed E-state index contributed by atoms with van der Waals surface area (Å²) in [7, 11) is 0. The minimum atomic E-state index is 0.833. The average Bonchev–Trinajstić information content (AvgIpc) is 2.48. The number of rotatable bonds is 16. The van der Waals surface area contributed by atoms with Gasteiger partial charge < -0.3 is 0 Å². The van der Waals surface area contributed by atoms with Gasteiger partial charge in [-0.3, -0.25) is 0 Å². The molecule has 0 aliphatic rings. The third-order valence-corrected chi connectivity index (χ3v) is 4.72. The zero-order valence-electron chi connectivity index (χ0n) is 15.6. The smallest absolute Gasteiger partial charge is 0.0326 e. The quantitative estimate of drug-likeness (QED) is 0.253. The Hall–Kier alpha value is 0. The van der Waals surface area contributed by atoms with E-state index < -0.39 is 0 Å². The van der Waals surface area contributed by atoms with E-state index in [0.29, 0.717) is 0 Å². The Morgan fingerprint density at radius 2 is 1.05 bits per heavy atom. The van der Waals surface area contributed by atoms with Gasteiger partial charge in [-0.15, -0.1) is 0 Å². The van der Waals surface area contributed by atoms with Crippen molar-refractivity contribution in [2.45, 2.75) is 118 Å². The Bertz CT molecular complexity index is 184. The van der Waals surface area contributed by atoms with Crippen molar-refractivity contribution in [1.82, 2.24) is 0 Å². The van der Waals surface area contributed by atoms with Crippen molar-refractivity contribution >= 4 is 0 Å². The summed E-state index contributed by atoms with van der Waals surface area (Å²) in [5.41, 5.74) is 0. The van der Waals surface area contributed by atoms with Crippen molar-refractivity contribution in [1.29, 1.82) is 0 Å². The SMILES string of the molecule is CCCCCCCC([CH]C(C)CCCCCC)CCCC. The van der Waals surface area contributed by atoms with Crippen LogP contribution in [0.3, 0.4) is 0 Å². The van der Waals surface area contributed by atoms with E-state index >= 15 is 0 Å². The fourth-order valence-corrected chi connectivity index (χ4v) is 3.27. The van der Waals surface area contributed by atoms with Crippen LogP contribution in [0.5, 0.6) is 0 Å². The summed E-state index contributed by atoms with van der Waals surface area (Å²) in [6.45, 7) is 9.38. The van der Waals surface area contributed by atoms with Gasteiger partial charge in [-0.2, -0.15) is 0 Å².